The Bertz CT molecular complexity index is 241. The summed E-state index contributed by atoms with van der Waals surface area (Å²) in [6.07, 6.45) is 11.9. The molecule has 1 aliphatic heterocycles. The van der Waals surface area contributed by atoms with Crippen molar-refractivity contribution >= 4 is 0 Å². The first-order valence-electron chi connectivity index (χ1n) is 8.40. The van der Waals surface area contributed by atoms with Gasteiger partial charge >= 0.3 is 0 Å². The topological polar surface area (TPSA) is 35.5 Å². The van der Waals surface area contributed by atoms with Gasteiger partial charge in [-0.2, -0.15) is 0 Å². The lowest BCUT2D eigenvalue weighted by molar-refractivity contribution is 0.106. The van der Waals surface area contributed by atoms with Crippen molar-refractivity contribution in [2.45, 2.75) is 82.8 Å². The molecule has 0 aromatic heterocycles. The highest BCUT2D eigenvalue weighted by molar-refractivity contribution is 4.85. The van der Waals surface area contributed by atoms with Gasteiger partial charge in [0.05, 0.1) is 0 Å². The molecule has 2 N–H and O–H groups in total. The van der Waals surface area contributed by atoms with E-state index in [0.29, 0.717) is 18.7 Å². The fraction of sp³-hybridized carbons (Fsp3) is 1.00. The summed E-state index contributed by atoms with van der Waals surface area (Å²) in [5.41, 5.74) is 0. The average Bonchev–Trinajstić information content (AvgIpc) is 2.46. The SMILES string of the molecule is CC(CCCO)NC1CCCN(C2CCCCC2)C1. The highest BCUT2D eigenvalue weighted by Crippen LogP contribution is 2.25. The van der Waals surface area contributed by atoms with E-state index in [-0.39, 0.29) is 0 Å². The van der Waals surface area contributed by atoms with Crippen LogP contribution in [0.1, 0.15) is 64.7 Å². The molecule has 1 aliphatic carbocycles. The van der Waals surface area contributed by atoms with Crippen molar-refractivity contribution in [3.05, 3.63) is 0 Å². The first kappa shape index (κ1) is 15.3. The Morgan fingerprint density at radius 2 is 1.95 bits per heavy atom. The molecule has 0 spiro atoms. The molecule has 1 saturated carbocycles. The van der Waals surface area contributed by atoms with Crippen LogP contribution in [0.25, 0.3) is 0 Å². The largest absolute Gasteiger partial charge is 0.396 e. The maximum Gasteiger partial charge on any atom is 0.0431 e. The standard InChI is InChI=1S/C16H32N2O/c1-14(7-6-12-19)17-15-8-5-11-18(13-15)16-9-3-2-4-10-16/h14-17,19H,2-13H2,1H3. The summed E-state index contributed by atoms with van der Waals surface area (Å²) >= 11 is 0. The van der Waals surface area contributed by atoms with Crippen LogP contribution in [0, 0.1) is 0 Å². The van der Waals surface area contributed by atoms with Gasteiger partial charge in [0.1, 0.15) is 0 Å². The van der Waals surface area contributed by atoms with Gasteiger partial charge in [-0.1, -0.05) is 19.3 Å². The Kier molecular flexibility index (Phi) is 6.62. The minimum Gasteiger partial charge on any atom is -0.396 e. The third-order valence-corrected chi connectivity index (χ3v) is 4.86. The molecule has 0 aromatic rings. The van der Waals surface area contributed by atoms with Crippen molar-refractivity contribution in [2.75, 3.05) is 19.7 Å². The van der Waals surface area contributed by atoms with Gasteiger partial charge in [0.25, 0.3) is 0 Å². The summed E-state index contributed by atoms with van der Waals surface area (Å²) in [4.78, 5) is 2.75. The summed E-state index contributed by atoms with van der Waals surface area (Å²) in [5, 5.41) is 12.7. The minimum absolute atomic E-state index is 0.324. The van der Waals surface area contributed by atoms with Gasteiger partial charge in [0, 0.05) is 31.3 Å². The van der Waals surface area contributed by atoms with Crippen LogP contribution in [0.3, 0.4) is 0 Å². The molecule has 2 atom stereocenters. The maximum atomic E-state index is 8.90. The second kappa shape index (κ2) is 8.23. The smallest absolute Gasteiger partial charge is 0.0431 e. The normalized spacial score (nSPS) is 28.4. The zero-order chi connectivity index (χ0) is 13.5. The Balaban J connectivity index is 1.73. The number of rotatable bonds is 6. The van der Waals surface area contributed by atoms with Crippen LogP contribution < -0.4 is 5.32 Å². The third kappa shape index (κ3) is 5.05. The van der Waals surface area contributed by atoms with Gasteiger partial charge in [0.15, 0.2) is 0 Å². The van der Waals surface area contributed by atoms with E-state index >= 15 is 0 Å². The highest BCUT2D eigenvalue weighted by Gasteiger charge is 2.27. The van der Waals surface area contributed by atoms with Crippen molar-refractivity contribution < 1.29 is 5.11 Å². The van der Waals surface area contributed by atoms with Gasteiger partial charge in [-0.15, -0.1) is 0 Å². The van der Waals surface area contributed by atoms with E-state index in [4.69, 9.17) is 5.11 Å². The summed E-state index contributed by atoms with van der Waals surface area (Å²) in [6, 6.07) is 2.08. The molecule has 0 bridgehead atoms. The number of nitrogens with zero attached hydrogens (tertiary/aromatic N) is 1. The molecular weight excluding hydrogens is 236 g/mol. The van der Waals surface area contributed by atoms with E-state index < -0.39 is 0 Å². The summed E-state index contributed by atoms with van der Waals surface area (Å²) < 4.78 is 0. The fourth-order valence-electron chi connectivity index (χ4n) is 3.80. The fourth-order valence-corrected chi connectivity index (χ4v) is 3.80. The number of aliphatic hydroxyl groups is 1. The van der Waals surface area contributed by atoms with Gasteiger partial charge in [0.2, 0.25) is 0 Å². The van der Waals surface area contributed by atoms with E-state index in [9.17, 15) is 0 Å². The van der Waals surface area contributed by atoms with Crippen molar-refractivity contribution in [2.24, 2.45) is 0 Å². The van der Waals surface area contributed by atoms with E-state index in [2.05, 4.69) is 17.1 Å². The monoisotopic (exact) mass is 268 g/mol. The van der Waals surface area contributed by atoms with E-state index in [1.807, 2.05) is 0 Å². The van der Waals surface area contributed by atoms with E-state index in [1.54, 1.807) is 0 Å². The molecule has 3 nitrogen and oxygen atoms in total. The second-order valence-electron chi connectivity index (χ2n) is 6.56. The molecule has 0 aromatic carbocycles. The molecule has 2 unspecified atom stereocenters. The zero-order valence-electron chi connectivity index (χ0n) is 12.6. The molecule has 0 amide bonds. The number of nitrogens with one attached hydrogen (secondary N) is 1. The van der Waals surface area contributed by atoms with Crippen molar-refractivity contribution in [3.63, 3.8) is 0 Å². The maximum absolute atomic E-state index is 8.90. The van der Waals surface area contributed by atoms with Crippen molar-refractivity contribution in [1.29, 1.82) is 0 Å². The number of piperidine rings is 1. The zero-order valence-corrected chi connectivity index (χ0v) is 12.6. The van der Waals surface area contributed by atoms with Crippen molar-refractivity contribution in [1.82, 2.24) is 10.2 Å². The Hall–Kier alpha value is -0.120. The Morgan fingerprint density at radius 1 is 1.16 bits per heavy atom. The number of hydrogen-bond acceptors (Lipinski definition) is 3. The number of likely N-dealkylation sites (tertiary alicyclic amines) is 1. The highest BCUT2D eigenvalue weighted by atomic mass is 16.2. The lowest BCUT2D eigenvalue weighted by Gasteiger charge is -2.41. The molecule has 2 aliphatic rings. The quantitative estimate of drug-likeness (QED) is 0.777. The summed E-state index contributed by atoms with van der Waals surface area (Å²) in [5.74, 6) is 0. The van der Waals surface area contributed by atoms with Crippen LogP contribution in [0.15, 0.2) is 0 Å². The van der Waals surface area contributed by atoms with Crippen LogP contribution in [0.2, 0.25) is 0 Å². The van der Waals surface area contributed by atoms with Crippen LogP contribution in [-0.2, 0) is 0 Å². The van der Waals surface area contributed by atoms with Gasteiger partial charge in [-0.25, -0.2) is 0 Å². The molecular formula is C16H32N2O. The van der Waals surface area contributed by atoms with Gasteiger partial charge < -0.3 is 10.4 Å². The third-order valence-electron chi connectivity index (χ3n) is 4.86. The van der Waals surface area contributed by atoms with Gasteiger partial charge in [-0.3, -0.25) is 4.90 Å². The van der Waals surface area contributed by atoms with Crippen molar-refractivity contribution in [3.8, 4) is 0 Å². The Morgan fingerprint density at radius 3 is 2.68 bits per heavy atom. The second-order valence-corrected chi connectivity index (χ2v) is 6.56. The summed E-state index contributed by atoms with van der Waals surface area (Å²) in [6.45, 7) is 5.14. The lowest BCUT2D eigenvalue weighted by Crippen LogP contribution is -2.51. The lowest BCUT2D eigenvalue weighted by atomic mass is 9.92. The molecule has 3 heteroatoms. The van der Waals surface area contributed by atoms with Crippen LogP contribution in [-0.4, -0.2) is 47.8 Å². The van der Waals surface area contributed by atoms with Gasteiger partial charge in [-0.05, 0) is 52.0 Å². The number of hydrogen-bond donors (Lipinski definition) is 2. The molecule has 2 fully saturated rings. The molecule has 112 valence electrons. The van der Waals surface area contributed by atoms with E-state index in [0.717, 1.165) is 18.9 Å². The predicted molar refractivity (Wildman–Crippen MR) is 80.4 cm³/mol. The molecule has 0 radical (unpaired) electrons. The molecule has 2 rings (SSSR count). The average molecular weight is 268 g/mol. The first-order chi connectivity index (χ1) is 9.29. The minimum atomic E-state index is 0.324. The molecule has 1 saturated heterocycles. The molecule has 19 heavy (non-hydrogen) atoms. The summed E-state index contributed by atoms with van der Waals surface area (Å²) in [7, 11) is 0. The van der Waals surface area contributed by atoms with E-state index in [1.165, 1.54) is 58.0 Å². The predicted octanol–water partition coefficient (Wildman–Crippen LogP) is 2.53. The first-order valence-corrected chi connectivity index (χ1v) is 8.40. The van der Waals surface area contributed by atoms with Crippen LogP contribution in [0.4, 0.5) is 0 Å². The van der Waals surface area contributed by atoms with Crippen LogP contribution >= 0.6 is 0 Å². The molecule has 1 heterocycles. The number of aliphatic hydroxyl groups excluding tert-OH is 1. The Labute approximate surface area is 118 Å². The van der Waals surface area contributed by atoms with Crippen LogP contribution in [0.5, 0.6) is 0 Å².